The second kappa shape index (κ2) is 9.71. The maximum Gasteiger partial charge on any atom is 0.341 e. The average molecular weight is 590 g/mol. The molecule has 0 bridgehead atoms. The fourth-order valence-corrected chi connectivity index (χ4v) is 6.75. The lowest BCUT2D eigenvalue weighted by molar-refractivity contribution is 0.0695. The highest BCUT2D eigenvalue weighted by molar-refractivity contribution is 6.18. The maximum atomic E-state index is 15.7. The Kier molecular flexibility index (Phi) is 6.15. The third kappa shape index (κ3) is 3.98. The van der Waals surface area contributed by atoms with Crippen LogP contribution < -0.4 is 15.6 Å². The zero-order valence-corrected chi connectivity index (χ0v) is 23.9. The van der Waals surface area contributed by atoms with E-state index in [2.05, 4.69) is 30.1 Å². The second-order valence-electron chi connectivity index (χ2n) is 11.4. The number of likely N-dealkylation sites (N-methyl/N-ethyl adjacent to an activating group) is 1. The largest absolute Gasteiger partial charge is 0.477 e. The van der Waals surface area contributed by atoms with Gasteiger partial charge in [0.2, 0.25) is 5.43 Å². The van der Waals surface area contributed by atoms with Crippen LogP contribution in [0.2, 0.25) is 0 Å². The van der Waals surface area contributed by atoms with Crippen molar-refractivity contribution < 1.29 is 23.4 Å². The van der Waals surface area contributed by atoms with E-state index in [1.165, 1.54) is 10.8 Å². The summed E-state index contributed by atoms with van der Waals surface area (Å²) in [5.74, 6) is -3.17. The molecule has 11 nitrogen and oxygen atoms in total. The highest BCUT2D eigenvalue weighted by Gasteiger charge is 2.45. The Morgan fingerprint density at radius 1 is 1.19 bits per heavy atom. The minimum atomic E-state index is -1.34. The minimum absolute atomic E-state index is 0.0589. The van der Waals surface area contributed by atoms with Crippen LogP contribution in [0.5, 0.6) is 0 Å². The summed E-state index contributed by atoms with van der Waals surface area (Å²) in [6.07, 6.45) is 4.37. The van der Waals surface area contributed by atoms with Crippen molar-refractivity contribution >= 4 is 50.3 Å². The molecule has 0 spiro atoms. The number of anilines is 2. The first-order chi connectivity index (χ1) is 20.6. The number of carboxylic acid groups (broad SMARTS) is 1. The number of halogens is 2. The Morgan fingerprint density at radius 3 is 2.70 bits per heavy atom. The van der Waals surface area contributed by atoms with Crippen molar-refractivity contribution in [2.45, 2.75) is 12.1 Å². The SMILES string of the molecule is CNc1cc(F)c(F)c2c1[nH]c1ncc(-c3cnc4c(c3)c(=O)c(C(=O)O)cn4C)c(N3C[C@@H]4C(N(C)C)CO[C@@H]4C3)c12. The number of pyridine rings is 3. The molecule has 2 aliphatic rings. The lowest BCUT2D eigenvalue weighted by Gasteiger charge is -2.27. The van der Waals surface area contributed by atoms with Gasteiger partial charge in [-0.1, -0.05) is 0 Å². The highest BCUT2D eigenvalue weighted by Crippen LogP contribution is 2.46. The molecule has 5 aromatic rings. The van der Waals surface area contributed by atoms with Gasteiger partial charge in [-0.15, -0.1) is 0 Å². The maximum absolute atomic E-state index is 15.7. The molecule has 1 aromatic carbocycles. The minimum Gasteiger partial charge on any atom is -0.477 e. The van der Waals surface area contributed by atoms with Crippen LogP contribution in [-0.4, -0.2) is 88.5 Å². The highest BCUT2D eigenvalue weighted by atomic mass is 19.2. The molecule has 7 rings (SSSR count). The summed E-state index contributed by atoms with van der Waals surface area (Å²) in [6, 6.07) is 2.88. The number of carboxylic acids is 1. The fourth-order valence-electron chi connectivity index (χ4n) is 6.75. The van der Waals surface area contributed by atoms with Crippen LogP contribution in [0.25, 0.3) is 44.1 Å². The number of aromatic nitrogens is 4. The number of fused-ring (bicyclic) bond motifs is 5. The number of rotatable bonds is 5. The predicted octanol–water partition coefficient (Wildman–Crippen LogP) is 3.41. The molecular weight excluding hydrogens is 560 g/mol. The number of carbonyl (C=O) groups is 1. The summed E-state index contributed by atoms with van der Waals surface area (Å²) in [6.45, 7) is 1.71. The van der Waals surface area contributed by atoms with E-state index in [9.17, 15) is 19.1 Å². The van der Waals surface area contributed by atoms with Crippen LogP contribution in [0, 0.1) is 17.6 Å². The van der Waals surface area contributed by atoms with Gasteiger partial charge in [-0.25, -0.2) is 23.5 Å². The van der Waals surface area contributed by atoms with Gasteiger partial charge in [-0.3, -0.25) is 4.79 Å². The van der Waals surface area contributed by atoms with Crippen molar-refractivity contribution in [2.24, 2.45) is 13.0 Å². The normalized spacial score (nSPS) is 20.2. The van der Waals surface area contributed by atoms with Gasteiger partial charge >= 0.3 is 5.97 Å². The van der Waals surface area contributed by atoms with Gasteiger partial charge in [0.25, 0.3) is 0 Å². The van der Waals surface area contributed by atoms with Crippen LogP contribution in [0.3, 0.4) is 0 Å². The summed E-state index contributed by atoms with van der Waals surface area (Å²) < 4.78 is 38.3. The summed E-state index contributed by atoms with van der Waals surface area (Å²) in [7, 11) is 7.27. The molecule has 2 fully saturated rings. The van der Waals surface area contributed by atoms with Crippen LogP contribution in [-0.2, 0) is 11.8 Å². The Hall–Kier alpha value is -4.62. The number of aromatic carboxylic acids is 1. The third-order valence-corrected chi connectivity index (χ3v) is 8.85. The van der Waals surface area contributed by atoms with Crippen molar-refractivity contribution in [3.63, 3.8) is 0 Å². The van der Waals surface area contributed by atoms with E-state index in [0.29, 0.717) is 64.4 Å². The quantitative estimate of drug-likeness (QED) is 0.283. The van der Waals surface area contributed by atoms with Crippen LogP contribution in [0.15, 0.2) is 35.5 Å². The van der Waals surface area contributed by atoms with Crippen molar-refractivity contribution in [1.29, 1.82) is 0 Å². The molecule has 3 atom stereocenters. The Balaban J connectivity index is 1.53. The summed E-state index contributed by atoms with van der Waals surface area (Å²) in [4.78, 5) is 41.5. The Morgan fingerprint density at radius 2 is 1.98 bits per heavy atom. The predicted molar refractivity (Wildman–Crippen MR) is 159 cm³/mol. The summed E-state index contributed by atoms with van der Waals surface area (Å²) >= 11 is 0. The number of nitrogens with one attached hydrogen (secondary N) is 2. The summed E-state index contributed by atoms with van der Waals surface area (Å²) in [5.41, 5.74) is 2.02. The molecule has 6 heterocycles. The van der Waals surface area contributed by atoms with Crippen molar-refractivity contribution in [1.82, 2.24) is 24.4 Å². The first kappa shape index (κ1) is 27.2. The number of aromatic amines is 1. The number of H-pyrrole nitrogens is 1. The molecule has 0 amide bonds. The van der Waals surface area contributed by atoms with E-state index in [1.807, 2.05) is 14.1 Å². The molecule has 2 aliphatic heterocycles. The van der Waals surface area contributed by atoms with Crippen molar-refractivity contribution in [3.05, 3.63) is 58.1 Å². The number of aryl methyl sites for hydroxylation is 1. The number of hydrogen-bond donors (Lipinski definition) is 3. The topological polar surface area (TPSA) is 129 Å². The number of benzene rings is 1. The first-order valence-electron chi connectivity index (χ1n) is 13.8. The smallest absolute Gasteiger partial charge is 0.341 e. The van der Waals surface area contributed by atoms with E-state index < -0.39 is 23.0 Å². The molecule has 0 saturated carbocycles. The van der Waals surface area contributed by atoms with Gasteiger partial charge in [0.1, 0.15) is 16.9 Å². The molecule has 4 aromatic heterocycles. The molecule has 0 radical (unpaired) electrons. The number of hydrogen-bond acceptors (Lipinski definition) is 8. The standard InChI is InChI=1S/C30H29F2N7O4/c1-33-19-6-18(31)24(32)22-23-26(39-10-16-20(37(2)3)12-43-21(16)11-39)15(8-34-28(23)36-25(19)22)13-5-14-27(40)17(30(41)42)9-38(4)29(14)35-7-13/h5-9,16,20-21,33H,10-12H2,1-4H3,(H,34,36)(H,41,42)/t16-,20?,21-/m1/s1. The van der Waals surface area contributed by atoms with Gasteiger partial charge in [0.05, 0.1) is 45.8 Å². The van der Waals surface area contributed by atoms with Gasteiger partial charge in [-0.2, -0.15) is 0 Å². The second-order valence-corrected chi connectivity index (χ2v) is 11.4. The van der Waals surface area contributed by atoms with E-state index >= 15 is 4.39 Å². The third-order valence-electron chi connectivity index (χ3n) is 8.85. The molecule has 3 N–H and O–H groups in total. The van der Waals surface area contributed by atoms with E-state index in [4.69, 9.17) is 4.74 Å². The van der Waals surface area contributed by atoms with E-state index in [0.717, 1.165) is 6.07 Å². The Bertz CT molecular complexity index is 2040. The molecule has 2 saturated heterocycles. The Labute approximate surface area is 243 Å². The average Bonchev–Trinajstić information content (AvgIpc) is 3.68. The lowest BCUT2D eigenvalue weighted by Crippen LogP contribution is -2.37. The van der Waals surface area contributed by atoms with Crippen LogP contribution >= 0.6 is 0 Å². The van der Waals surface area contributed by atoms with Crippen molar-refractivity contribution in [3.8, 4) is 11.1 Å². The zero-order chi connectivity index (χ0) is 30.3. The van der Waals surface area contributed by atoms with Gasteiger partial charge in [0.15, 0.2) is 11.6 Å². The molecular formula is C30H29F2N7O4. The molecule has 222 valence electrons. The molecule has 43 heavy (non-hydrogen) atoms. The van der Waals surface area contributed by atoms with E-state index in [1.54, 1.807) is 32.6 Å². The monoisotopic (exact) mass is 589 g/mol. The van der Waals surface area contributed by atoms with E-state index in [-0.39, 0.29) is 34.4 Å². The summed E-state index contributed by atoms with van der Waals surface area (Å²) in [5, 5.41) is 13.1. The number of nitrogens with zero attached hydrogens (tertiary/aromatic N) is 5. The van der Waals surface area contributed by atoms with Crippen molar-refractivity contribution in [2.75, 3.05) is 51.1 Å². The van der Waals surface area contributed by atoms with Gasteiger partial charge < -0.3 is 34.5 Å². The van der Waals surface area contributed by atoms with Gasteiger partial charge in [-0.05, 0) is 20.2 Å². The fraction of sp³-hybridized carbons (Fsp3) is 0.333. The van der Waals surface area contributed by atoms with Crippen LogP contribution in [0.4, 0.5) is 20.2 Å². The molecule has 0 aliphatic carbocycles. The zero-order valence-electron chi connectivity index (χ0n) is 23.9. The van der Waals surface area contributed by atoms with Gasteiger partial charge in [0, 0.05) is 74.9 Å². The molecule has 13 heteroatoms. The molecule has 1 unspecified atom stereocenters. The first-order valence-corrected chi connectivity index (χ1v) is 13.8. The number of ether oxygens (including phenoxy) is 1. The lowest BCUT2D eigenvalue weighted by atomic mass is 9.99. The van der Waals surface area contributed by atoms with Crippen LogP contribution in [0.1, 0.15) is 10.4 Å².